The number of nitrogens with zero attached hydrogens (tertiary/aromatic N) is 1. The van der Waals surface area contributed by atoms with E-state index in [2.05, 4.69) is 0 Å². The zero-order valence-corrected chi connectivity index (χ0v) is 12.4. The number of likely N-dealkylation sites (N-methyl/N-ethyl adjacent to an activating group) is 1. The highest BCUT2D eigenvalue weighted by molar-refractivity contribution is 6.46. The van der Waals surface area contributed by atoms with Gasteiger partial charge in [0.05, 0.1) is 11.6 Å². The van der Waals surface area contributed by atoms with E-state index in [1.165, 1.54) is 25.2 Å². The lowest BCUT2D eigenvalue weighted by molar-refractivity contribution is -0.139. The molecular weight excluding hydrogens is 297 g/mol. The van der Waals surface area contributed by atoms with Gasteiger partial charge < -0.3 is 10.0 Å². The number of rotatable bonds is 2. The van der Waals surface area contributed by atoms with Crippen LogP contribution in [0.15, 0.2) is 60.2 Å². The summed E-state index contributed by atoms with van der Waals surface area (Å²) in [7, 11) is 1.42. The van der Waals surface area contributed by atoms with Crippen LogP contribution in [-0.2, 0) is 9.59 Å². The van der Waals surface area contributed by atoms with Gasteiger partial charge in [0.15, 0.2) is 0 Å². The second-order valence-corrected chi connectivity index (χ2v) is 5.30. The maximum Gasteiger partial charge on any atom is 0.295 e. The van der Waals surface area contributed by atoms with Crippen LogP contribution < -0.4 is 0 Å². The molecule has 0 spiro atoms. The average Bonchev–Trinajstić information content (AvgIpc) is 2.80. The second-order valence-electron chi connectivity index (χ2n) is 5.30. The molecule has 1 amide bonds. The molecule has 0 bridgehead atoms. The first-order valence-corrected chi connectivity index (χ1v) is 7.07. The molecular formula is C18H14FNO3. The zero-order valence-electron chi connectivity index (χ0n) is 12.4. The van der Waals surface area contributed by atoms with Crippen molar-refractivity contribution in [1.29, 1.82) is 0 Å². The number of ketones is 1. The quantitative estimate of drug-likeness (QED) is 0.527. The summed E-state index contributed by atoms with van der Waals surface area (Å²) in [5, 5.41) is 10.5. The largest absolute Gasteiger partial charge is 0.507 e. The monoisotopic (exact) mass is 311 g/mol. The molecule has 0 radical (unpaired) electrons. The molecule has 0 aliphatic carbocycles. The smallest absolute Gasteiger partial charge is 0.295 e. The molecule has 2 aromatic carbocycles. The van der Waals surface area contributed by atoms with Crippen LogP contribution in [0.3, 0.4) is 0 Å². The summed E-state index contributed by atoms with van der Waals surface area (Å²) in [6.45, 7) is 0. The fourth-order valence-electron chi connectivity index (χ4n) is 2.76. The number of Topliss-reactive ketones (excluding diaryl/α,β-unsaturated/α-hetero) is 1. The Bertz CT molecular complexity index is 814. The highest BCUT2D eigenvalue weighted by Crippen LogP contribution is 2.39. The molecule has 1 atom stereocenters. The number of carbonyl (C=O) groups excluding carboxylic acids is 2. The number of carbonyl (C=O) groups is 2. The number of hydrogen-bond donors (Lipinski definition) is 1. The number of aliphatic hydroxyl groups is 1. The van der Waals surface area contributed by atoms with Gasteiger partial charge in [-0.3, -0.25) is 9.59 Å². The van der Waals surface area contributed by atoms with E-state index in [1.54, 1.807) is 36.4 Å². The molecule has 3 rings (SSSR count). The first-order valence-electron chi connectivity index (χ1n) is 7.07. The Hall–Kier alpha value is -2.95. The summed E-state index contributed by atoms with van der Waals surface area (Å²) >= 11 is 0. The Morgan fingerprint density at radius 2 is 1.65 bits per heavy atom. The third kappa shape index (κ3) is 2.40. The number of halogens is 1. The van der Waals surface area contributed by atoms with E-state index in [1.807, 2.05) is 0 Å². The topological polar surface area (TPSA) is 57.6 Å². The highest BCUT2D eigenvalue weighted by Gasteiger charge is 2.45. The van der Waals surface area contributed by atoms with Crippen LogP contribution in [0.25, 0.3) is 5.76 Å². The van der Waals surface area contributed by atoms with Gasteiger partial charge in [0.2, 0.25) is 0 Å². The van der Waals surface area contributed by atoms with Crippen molar-refractivity contribution in [3.63, 3.8) is 0 Å². The van der Waals surface area contributed by atoms with Crippen LogP contribution in [0.4, 0.5) is 4.39 Å². The molecule has 1 saturated heterocycles. The molecule has 0 aromatic heterocycles. The number of benzene rings is 2. The lowest BCUT2D eigenvalue weighted by atomic mass is 9.95. The third-order valence-corrected chi connectivity index (χ3v) is 3.92. The number of amides is 1. The maximum atomic E-state index is 14.2. The Balaban J connectivity index is 2.22. The van der Waals surface area contributed by atoms with E-state index < -0.39 is 23.5 Å². The molecule has 5 heteroatoms. The molecule has 2 aromatic rings. The molecule has 0 saturated carbocycles. The van der Waals surface area contributed by atoms with Gasteiger partial charge in [-0.25, -0.2) is 4.39 Å². The van der Waals surface area contributed by atoms with Crippen molar-refractivity contribution in [2.75, 3.05) is 7.05 Å². The van der Waals surface area contributed by atoms with E-state index in [-0.39, 0.29) is 16.9 Å². The van der Waals surface area contributed by atoms with E-state index >= 15 is 0 Å². The highest BCUT2D eigenvalue weighted by atomic mass is 19.1. The summed E-state index contributed by atoms with van der Waals surface area (Å²) in [4.78, 5) is 25.5. The minimum Gasteiger partial charge on any atom is -0.507 e. The SMILES string of the molecule is CN1C(=O)C(=O)C(=C(O)c2ccccc2)[C@H]1c1ccccc1F. The van der Waals surface area contributed by atoms with Gasteiger partial charge in [-0.1, -0.05) is 48.5 Å². The van der Waals surface area contributed by atoms with Gasteiger partial charge in [0, 0.05) is 18.2 Å². The Morgan fingerprint density at radius 3 is 2.30 bits per heavy atom. The summed E-state index contributed by atoms with van der Waals surface area (Å²) in [6, 6.07) is 13.4. The van der Waals surface area contributed by atoms with Crippen LogP contribution >= 0.6 is 0 Å². The van der Waals surface area contributed by atoms with Gasteiger partial charge >= 0.3 is 0 Å². The van der Waals surface area contributed by atoms with Gasteiger partial charge in [-0.05, 0) is 6.07 Å². The number of aliphatic hydroxyl groups excluding tert-OH is 1. The summed E-state index contributed by atoms with van der Waals surface area (Å²) in [5.41, 5.74) is 0.473. The Labute approximate surface area is 132 Å². The van der Waals surface area contributed by atoms with Crippen molar-refractivity contribution < 1.29 is 19.1 Å². The van der Waals surface area contributed by atoms with Crippen molar-refractivity contribution >= 4 is 17.4 Å². The minimum absolute atomic E-state index is 0.103. The molecule has 1 fully saturated rings. The molecule has 1 aliphatic rings. The van der Waals surface area contributed by atoms with Crippen LogP contribution in [-0.4, -0.2) is 28.7 Å². The predicted octanol–water partition coefficient (Wildman–Crippen LogP) is 2.88. The van der Waals surface area contributed by atoms with E-state index in [0.717, 1.165) is 4.90 Å². The first kappa shape index (κ1) is 15.0. The molecule has 1 heterocycles. The molecule has 0 unspecified atom stereocenters. The summed E-state index contributed by atoms with van der Waals surface area (Å²) < 4.78 is 14.2. The average molecular weight is 311 g/mol. The van der Waals surface area contributed by atoms with E-state index in [4.69, 9.17) is 0 Å². The van der Waals surface area contributed by atoms with Crippen molar-refractivity contribution in [2.45, 2.75) is 6.04 Å². The first-order chi connectivity index (χ1) is 11.0. The van der Waals surface area contributed by atoms with Crippen LogP contribution in [0.5, 0.6) is 0 Å². The lowest BCUT2D eigenvalue weighted by Gasteiger charge is -2.21. The molecule has 1 N–H and O–H groups in total. The predicted molar refractivity (Wildman–Crippen MR) is 82.9 cm³/mol. The Morgan fingerprint density at radius 1 is 1.04 bits per heavy atom. The van der Waals surface area contributed by atoms with Gasteiger partial charge in [0.1, 0.15) is 11.6 Å². The van der Waals surface area contributed by atoms with Crippen LogP contribution in [0.1, 0.15) is 17.2 Å². The van der Waals surface area contributed by atoms with Crippen molar-refractivity contribution in [3.8, 4) is 0 Å². The number of likely N-dealkylation sites (tertiary alicyclic amines) is 1. The van der Waals surface area contributed by atoms with Crippen molar-refractivity contribution in [1.82, 2.24) is 4.90 Å². The Kier molecular flexibility index (Phi) is 3.70. The minimum atomic E-state index is -0.948. The van der Waals surface area contributed by atoms with Crippen molar-refractivity contribution in [3.05, 3.63) is 77.1 Å². The van der Waals surface area contributed by atoms with E-state index in [9.17, 15) is 19.1 Å². The normalized spacial score (nSPS) is 20.1. The zero-order chi connectivity index (χ0) is 16.6. The molecule has 23 heavy (non-hydrogen) atoms. The van der Waals surface area contributed by atoms with E-state index in [0.29, 0.717) is 5.56 Å². The fraction of sp³-hybridized carbons (Fsp3) is 0.111. The van der Waals surface area contributed by atoms with Gasteiger partial charge in [0.25, 0.3) is 11.7 Å². The van der Waals surface area contributed by atoms with Gasteiger partial charge in [-0.2, -0.15) is 0 Å². The lowest BCUT2D eigenvalue weighted by Crippen LogP contribution is -2.25. The molecule has 4 nitrogen and oxygen atoms in total. The number of hydrogen-bond acceptors (Lipinski definition) is 3. The third-order valence-electron chi connectivity index (χ3n) is 3.92. The molecule has 1 aliphatic heterocycles. The van der Waals surface area contributed by atoms with Gasteiger partial charge in [-0.15, -0.1) is 0 Å². The van der Waals surface area contributed by atoms with Crippen LogP contribution in [0, 0.1) is 5.82 Å². The summed E-state index contributed by atoms with van der Waals surface area (Å²) in [6.07, 6.45) is 0. The second kappa shape index (κ2) is 5.68. The maximum absolute atomic E-state index is 14.2. The summed E-state index contributed by atoms with van der Waals surface area (Å²) in [5.74, 6) is -2.43. The van der Waals surface area contributed by atoms with Crippen LogP contribution in [0.2, 0.25) is 0 Å². The van der Waals surface area contributed by atoms with Crippen molar-refractivity contribution in [2.24, 2.45) is 0 Å². The standard InChI is InChI=1S/C18H14FNO3/c1-20-15(12-9-5-6-10-13(12)19)14(17(22)18(20)23)16(21)11-7-3-2-4-8-11/h2-10,15,21H,1H3/t15-/m1/s1. The fourth-order valence-corrected chi connectivity index (χ4v) is 2.76. The molecule has 116 valence electrons.